The Morgan fingerprint density at radius 3 is 2.82 bits per heavy atom. The quantitative estimate of drug-likeness (QED) is 0.692. The lowest BCUT2D eigenvalue weighted by Crippen LogP contribution is -2.49. The van der Waals surface area contributed by atoms with Crippen molar-refractivity contribution >= 4 is 11.8 Å². The number of hydrogen-bond donors (Lipinski definition) is 2. The number of benzene rings is 1. The Bertz CT molecular complexity index is 923. The molecule has 6 nitrogen and oxygen atoms in total. The van der Waals surface area contributed by atoms with Crippen LogP contribution in [-0.4, -0.2) is 47.6 Å². The highest BCUT2D eigenvalue weighted by atomic mass is 16.5. The average molecular weight is 452 g/mol. The van der Waals surface area contributed by atoms with Gasteiger partial charge in [0.1, 0.15) is 6.04 Å². The van der Waals surface area contributed by atoms with Crippen molar-refractivity contribution in [1.29, 1.82) is 0 Å². The van der Waals surface area contributed by atoms with Crippen LogP contribution in [0.15, 0.2) is 30.5 Å². The third-order valence-electron chi connectivity index (χ3n) is 8.11. The number of hydrogen-bond acceptors (Lipinski definition) is 4. The Balaban J connectivity index is 1.25. The molecule has 1 unspecified atom stereocenters. The van der Waals surface area contributed by atoms with E-state index < -0.39 is 6.04 Å². The second kappa shape index (κ2) is 9.59. The molecule has 3 fully saturated rings. The minimum absolute atomic E-state index is 0.0215. The molecular formula is C27H37N3O3. The molecule has 2 amide bonds. The van der Waals surface area contributed by atoms with Gasteiger partial charge >= 0.3 is 0 Å². The molecule has 3 heterocycles. The van der Waals surface area contributed by atoms with Gasteiger partial charge in [0.15, 0.2) is 0 Å². The molecule has 0 aromatic heterocycles. The van der Waals surface area contributed by atoms with Gasteiger partial charge in [0.25, 0.3) is 5.91 Å². The van der Waals surface area contributed by atoms with E-state index in [1.54, 1.807) is 4.90 Å². The molecule has 2 saturated heterocycles. The summed E-state index contributed by atoms with van der Waals surface area (Å²) in [5.41, 5.74) is 3.85. The van der Waals surface area contributed by atoms with Crippen LogP contribution in [0.5, 0.6) is 0 Å². The van der Waals surface area contributed by atoms with Crippen molar-refractivity contribution in [2.45, 2.75) is 95.5 Å². The van der Waals surface area contributed by atoms with E-state index in [1.165, 1.54) is 37.7 Å². The molecule has 1 aromatic rings. The number of ether oxygens (including phenoxy) is 1. The topological polar surface area (TPSA) is 70.7 Å². The first-order chi connectivity index (χ1) is 16.0. The summed E-state index contributed by atoms with van der Waals surface area (Å²) in [6, 6.07) is 6.82. The number of allylic oxidation sites excluding steroid dienone is 1. The van der Waals surface area contributed by atoms with E-state index in [2.05, 4.69) is 36.3 Å². The van der Waals surface area contributed by atoms with Crippen LogP contribution in [0.25, 0.3) is 0 Å². The van der Waals surface area contributed by atoms with Crippen molar-refractivity contribution in [1.82, 2.24) is 15.5 Å². The molecule has 0 bridgehead atoms. The molecular weight excluding hydrogens is 414 g/mol. The van der Waals surface area contributed by atoms with Gasteiger partial charge in [0, 0.05) is 36.5 Å². The van der Waals surface area contributed by atoms with E-state index in [9.17, 15) is 9.59 Å². The summed E-state index contributed by atoms with van der Waals surface area (Å²) in [5.74, 6) is 0.472. The van der Waals surface area contributed by atoms with Crippen LogP contribution in [-0.2, 0) is 22.5 Å². The third-order valence-corrected chi connectivity index (χ3v) is 8.11. The first-order valence-corrected chi connectivity index (χ1v) is 12.8. The van der Waals surface area contributed by atoms with Crippen LogP contribution in [0.2, 0.25) is 0 Å². The van der Waals surface area contributed by atoms with Gasteiger partial charge in [-0.3, -0.25) is 9.59 Å². The van der Waals surface area contributed by atoms with Gasteiger partial charge in [-0.15, -0.1) is 0 Å². The van der Waals surface area contributed by atoms with Gasteiger partial charge in [0.2, 0.25) is 5.91 Å². The molecule has 3 aliphatic heterocycles. The highest BCUT2D eigenvalue weighted by Gasteiger charge is 2.38. The molecule has 6 heteroatoms. The summed E-state index contributed by atoms with van der Waals surface area (Å²) in [4.78, 5) is 27.2. The van der Waals surface area contributed by atoms with Crippen molar-refractivity contribution in [3.05, 3.63) is 47.2 Å². The molecule has 33 heavy (non-hydrogen) atoms. The number of nitrogens with one attached hydrogen (secondary N) is 2. The predicted molar refractivity (Wildman–Crippen MR) is 128 cm³/mol. The second-order valence-corrected chi connectivity index (χ2v) is 10.4. The SMILES string of the molecule is C=C1CCC(N2Cc3cc(C[C@H]4CCCC[C@@H]4N[C@@H](C)[C@@H]4CCCO4)ccc3C2=O)C(=O)N1. The fourth-order valence-electron chi connectivity index (χ4n) is 6.25. The molecule has 1 aromatic carbocycles. The zero-order valence-electron chi connectivity index (χ0n) is 19.8. The largest absolute Gasteiger partial charge is 0.377 e. The van der Waals surface area contributed by atoms with E-state index in [0.717, 1.165) is 42.7 Å². The standard InChI is InChI=1S/C27H37N3O3/c1-17-9-12-24(26(31)28-17)30-16-21-15-19(10-11-22(21)27(30)32)14-20-6-3-4-7-23(20)29-18(2)25-8-5-13-33-25/h10-11,15,18,20,23-25,29H,1,3-9,12-14,16H2,2H3,(H,28,31)/t18-,20+,23-,24?,25-/m0/s1. The monoisotopic (exact) mass is 451 g/mol. The highest BCUT2D eigenvalue weighted by molar-refractivity contribution is 6.01. The first kappa shape index (κ1) is 22.6. The Morgan fingerprint density at radius 1 is 1.18 bits per heavy atom. The Labute approximate surface area is 197 Å². The van der Waals surface area contributed by atoms with Crippen molar-refractivity contribution in [3.63, 3.8) is 0 Å². The van der Waals surface area contributed by atoms with Crippen molar-refractivity contribution in [2.24, 2.45) is 5.92 Å². The summed E-state index contributed by atoms with van der Waals surface area (Å²) in [5, 5.41) is 6.73. The molecule has 5 rings (SSSR count). The van der Waals surface area contributed by atoms with Crippen molar-refractivity contribution in [3.8, 4) is 0 Å². The summed E-state index contributed by atoms with van der Waals surface area (Å²) < 4.78 is 5.91. The summed E-state index contributed by atoms with van der Waals surface area (Å²) in [7, 11) is 0. The van der Waals surface area contributed by atoms with Crippen LogP contribution in [0.4, 0.5) is 0 Å². The van der Waals surface area contributed by atoms with E-state index in [0.29, 0.717) is 37.1 Å². The van der Waals surface area contributed by atoms with Crippen LogP contribution < -0.4 is 10.6 Å². The predicted octanol–water partition coefficient (Wildman–Crippen LogP) is 3.69. The lowest BCUT2D eigenvalue weighted by molar-refractivity contribution is -0.126. The van der Waals surface area contributed by atoms with Gasteiger partial charge in [-0.25, -0.2) is 0 Å². The summed E-state index contributed by atoms with van der Waals surface area (Å²) in [6.07, 6.45) is 10.1. The number of nitrogens with zero attached hydrogens (tertiary/aromatic N) is 1. The van der Waals surface area contributed by atoms with Crippen molar-refractivity contribution < 1.29 is 14.3 Å². The molecule has 5 atom stereocenters. The number of carbonyl (C=O) groups excluding carboxylic acids is 2. The van der Waals surface area contributed by atoms with E-state index in [-0.39, 0.29) is 11.8 Å². The molecule has 1 saturated carbocycles. The fourth-order valence-corrected chi connectivity index (χ4v) is 6.25. The lowest BCUT2D eigenvalue weighted by atomic mass is 9.80. The molecule has 4 aliphatic rings. The highest BCUT2D eigenvalue weighted by Crippen LogP contribution is 2.32. The maximum absolute atomic E-state index is 13.0. The first-order valence-electron chi connectivity index (χ1n) is 12.8. The molecule has 2 N–H and O–H groups in total. The molecule has 1 aliphatic carbocycles. The number of carbonyl (C=O) groups is 2. The van der Waals surface area contributed by atoms with Crippen LogP contribution >= 0.6 is 0 Å². The Kier molecular flexibility index (Phi) is 6.57. The summed E-state index contributed by atoms with van der Waals surface area (Å²) in [6.45, 7) is 7.54. The molecule has 0 spiro atoms. The minimum Gasteiger partial charge on any atom is -0.377 e. The number of rotatable bonds is 6. The normalized spacial score (nSPS) is 30.9. The van der Waals surface area contributed by atoms with Gasteiger partial charge < -0.3 is 20.3 Å². The van der Waals surface area contributed by atoms with E-state index in [4.69, 9.17) is 4.74 Å². The van der Waals surface area contributed by atoms with E-state index in [1.807, 2.05) is 6.07 Å². The van der Waals surface area contributed by atoms with Crippen LogP contribution in [0, 0.1) is 5.92 Å². The average Bonchev–Trinajstić information content (AvgIpc) is 3.44. The van der Waals surface area contributed by atoms with Gasteiger partial charge in [-0.2, -0.15) is 0 Å². The van der Waals surface area contributed by atoms with Crippen LogP contribution in [0.3, 0.4) is 0 Å². The molecule has 0 radical (unpaired) electrons. The fraction of sp³-hybridized carbons (Fsp3) is 0.630. The Hall–Kier alpha value is -2.18. The van der Waals surface area contributed by atoms with E-state index >= 15 is 0 Å². The van der Waals surface area contributed by atoms with Gasteiger partial charge in [0.05, 0.1) is 6.10 Å². The summed E-state index contributed by atoms with van der Waals surface area (Å²) >= 11 is 0. The number of piperidine rings is 1. The van der Waals surface area contributed by atoms with Gasteiger partial charge in [-0.05, 0) is 75.0 Å². The smallest absolute Gasteiger partial charge is 0.255 e. The third kappa shape index (κ3) is 4.73. The Morgan fingerprint density at radius 2 is 2.03 bits per heavy atom. The lowest BCUT2D eigenvalue weighted by Gasteiger charge is -2.36. The molecule has 178 valence electrons. The maximum Gasteiger partial charge on any atom is 0.255 e. The zero-order chi connectivity index (χ0) is 22.9. The number of amides is 2. The maximum atomic E-state index is 13.0. The van der Waals surface area contributed by atoms with Crippen LogP contribution in [0.1, 0.15) is 79.8 Å². The van der Waals surface area contributed by atoms with Crippen molar-refractivity contribution in [2.75, 3.05) is 6.61 Å². The van der Waals surface area contributed by atoms with Gasteiger partial charge in [-0.1, -0.05) is 31.6 Å². The second-order valence-electron chi connectivity index (χ2n) is 10.4. The minimum atomic E-state index is -0.398. The number of fused-ring (bicyclic) bond motifs is 1. The zero-order valence-corrected chi connectivity index (χ0v) is 19.8.